The second kappa shape index (κ2) is 10.4. The lowest BCUT2D eigenvalue weighted by molar-refractivity contribution is -0.118. The molecule has 3 aromatic carbocycles. The number of amides is 2. The minimum atomic E-state index is -0.306. The van der Waals surface area contributed by atoms with Gasteiger partial charge in [-0.3, -0.25) is 9.59 Å². The Bertz CT molecular complexity index is 1070. The monoisotopic (exact) mass is 465 g/mol. The molecule has 7 heteroatoms. The van der Waals surface area contributed by atoms with Crippen molar-refractivity contribution in [2.24, 2.45) is 5.10 Å². The summed E-state index contributed by atoms with van der Waals surface area (Å²) in [5, 5.41) is 6.79. The van der Waals surface area contributed by atoms with Crippen LogP contribution in [0.3, 0.4) is 0 Å². The van der Waals surface area contributed by atoms with E-state index in [-0.39, 0.29) is 18.4 Å². The van der Waals surface area contributed by atoms with E-state index in [0.29, 0.717) is 11.3 Å². The average Bonchev–Trinajstić information content (AvgIpc) is 2.75. The lowest BCUT2D eigenvalue weighted by atomic mass is 10.2. The molecule has 0 aromatic heterocycles. The van der Waals surface area contributed by atoms with Crippen molar-refractivity contribution in [3.8, 4) is 5.75 Å². The zero-order valence-electron chi connectivity index (χ0n) is 16.3. The third kappa shape index (κ3) is 6.28. The molecule has 3 rings (SSSR count). The van der Waals surface area contributed by atoms with Crippen molar-refractivity contribution in [1.82, 2.24) is 5.43 Å². The molecule has 0 aliphatic rings. The summed E-state index contributed by atoms with van der Waals surface area (Å²) in [6.07, 6.45) is 1.51. The van der Waals surface area contributed by atoms with Gasteiger partial charge in [0, 0.05) is 15.7 Å². The molecule has 0 aliphatic carbocycles. The van der Waals surface area contributed by atoms with Gasteiger partial charge in [-0.15, -0.1) is 0 Å². The first-order valence-corrected chi connectivity index (χ1v) is 9.98. The first-order valence-electron chi connectivity index (χ1n) is 9.18. The SMILES string of the molecule is Cc1ccccc1NC(=O)COc1cccc(/C=N/NC(=O)c2ccc(Br)cc2)c1. The van der Waals surface area contributed by atoms with E-state index >= 15 is 0 Å². The number of anilines is 1. The summed E-state index contributed by atoms with van der Waals surface area (Å²) in [5.74, 6) is -0.0257. The standard InChI is InChI=1S/C23H20BrN3O3/c1-16-5-2-3-8-21(16)26-22(28)15-30-20-7-4-6-17(13-20)14-25-27-23(29)18-9-11-19(24)12-10-18/h2-14H,15H2,1H3,(H,26,28)(H,27,29)/b25-14+. The van der Waals surface area contributed by atoms with Gasteiger partial charge < -0.3 is 10.1 Å². The number of ether oxygens (including phenoxy) is 1. The van der Waals surface area contributed by atoms with Crippen LogP contribution in [0.2, 0.25) is 0 Å². The maximum absolute atomic E-state index is 12.1. The molecule has 0 saturated carbocycles. The zero-order chi connectivity index (χ0) is 21.3. The number of carbonyl (C=O) groups is 2. The van der Waals surface area contributed by atoms with E-state index in [2.05, 4.69) is 31.8 Å². The summed E-state index contributed by atoms with van der Waals surface area (Å²) in [6.45, 7) is 1.81. The highest BCUT2D eigenvalue weighted by Crippen LogP contribution is 2.15. The highest BCUT2D eigenvalue weighted by Gasteiger charge is 2.06. The van der Waals surface area contributed by atoms with Crippen molar-refractivity contribution in [1.29, 1.82) is 0 Å². The summed E-state index contributed by atoms with van der Waals surface area (Å²) in [6, 6.07) is 21.6. The molecular weight excluding hydrogens is 446 g/mol. The van der Waals surface area contributed by atoms with Gasteiger partial charge >= 0.3 is 0 Å². The lowest BCUT2D eigenvalue weighted by Gasteiger charge is -2.09. The van der Waals surface area contributed by atoms with Crippen molar-refractivity contribution in [2.75, 3.05) is 11.9 Å². The Balaban J connectivity index is 1.52. The number of hydrogen-bond acceptors (Lipinski definition) is 4. The highest BCUT2D eigenvalue weighted by atomic mass is 79.9. The summed E-state index contributed by atoms with van der Waals surface area (Å²) in [5.41, 5.74) is 5.45. The molecule has 2 N–H and O–H groups in total. The molecule has 6 nitrogen and oxygen atoms in total. The van der Waals surface area contributed by atoms with Gasteiger partial charge in [0.25, 0.3) is 11.8 Å². The van der Waals surface area contributed by atoms with E-state index in [1.54, 1.807) is 42.5 Å². The number of para-hydroxylation sites is 1. The average molecular weight is 466 g/mol. The molecule has 0 heterocycles. The first kappa shape index (κ1) is 21.3. The molecule has 0 unspecified atom stereocenters. The minimum absolute atomic E-state index is 0.116. The number of rotatable bonds is 7. The van der Waals surface area contributed by atoms with Gasteiger partial charge in [0.2, 0.25) is 0 Å². The van der Waals surface area contributed by atoms with Gasteiger partial charge in [0.1, 0.15) is 5.75 Å². The Hall–Kier alpha value is -3.45. The number of halogens is 1. The predicted octanol–water partition coefficient (Wildman–Crippen LogP) is 4.54. The number of hydrogen-bond donors (Lipinski definition) is 2. The molecule has 2 amide bonds. The van der Waals surface area contributed by atoms with Crippen LogP contribution in [-0.4, -0.2) is 24.6 Å². The van der Waals surface area contributed by atoms with Crippen LogP contribution in [0.5, 0.6) is 5.75 Å². The minimum Gasteiger partial charge on any atom is -0.484 e. The number of hydrazone groups is 1. The first-order chi connectivity index (χ1) is 14.5. The van der Waals surface area contributed by atoms with E-state index in [0.717, 1.165) is 21.3 Å². The quantitative estimate of drug-likeness (QED) is 0.397. The van der Waals surface area contributed by atoms with Crippen LogP contribution in [0, 0.1) is 6.92 Å². The Morgan fingerprint density at radius 1 is 1.03 bits per heavy atom. The maximum Gasteiger partial charge on any atom is 0.271 e. The van der Waals surface area contributed by atoms with E-state index in [1.165, 1.54) is 6.21 Å². The second-order valence-corrected chi connectivity index (χ2v) is 7.35. The Labute approximate surface area is 183 Å². The molecule has 0 radical (unpaired) electrons. The molecular formula is C23H20BrN3O3. The van der Waals surface area contributed by atoms with Crippen LogP contribution in [0.25, 0.3) is 0 Å². The Morgan fingerprint density at radius 2 is 1.80 bits per heavy atom. The van der Waals surface area contributed by atoms with Crippen LogP contribution in [0.4, 0.5) is 5.69 Å². The molecule has 0 spiro atoms. The Morgan fingerprint density at radius 3 is 2.57 bits per heavy atom. The van der Waals surface area contributed by atoms with Crippen LogP contribution in [0.15, 0.2) is 82.4 Å². The largest absolute Gasteiger partial charge is 0.484 e. The summed E-state index contributed by atoms with van der Waals surface area (Å²) < 4.78 is 6.46. The number of aryl methyl sites for hydroxylation is 1. The van der Waals surface area contributed by atoms with Gasteiger partial charge in [-0.05, 0) is 60.5 Å². The van der Waals surface area contributed by atoms with E-state index in [9.17, 15) is 9.59 Å². The van der Waals surface area contributed by atoms with Gasteiger partial charge in [-0.2, -0.15) is 5.10 Å². The van der Waals surface area contributed by atoms with Crippen molar-refractivity contribution in [3.05, 3.63) is 94.0 Å². The second-order valence-electron chi connectivity index (χ2n) is 6.43. The molecule has 0 bridgehead atoms. The number of nitrogens with zero attached hydrogens (tertiary/aromatic N) is 1. The smallest absolute Gasteiger partial charge is 0.271 e. The van der Waals surface area contributed by atoms with Crippen molar-refractivity contribution >= 4 is 39.6 Å². The van der Waals surface area contributed by atoms with E-state index in [1.807, 2.05) is 37.3 Å². The summed E-state index contributed by atoms with van der Waals surface area (Å²) >= 11 is 3.33. The fourth-order valence-electron chi connectivity index (χ4n) is 2.56. The highest BCUT2D eigenvalue weighted by molar-refractivity contribution is 9.10. The van der Waals surface area contributed by atoms with Crippen molar-refractivity contribution in [3.63, 3.8) is 0 Å². The summed E-state index contributed by atoms with van der Waals surface area (Å²) in [4.78, 5) is 24.2. The van der Waals surface area contributed by atoms with Crippen LogP contribution in [0.1, 0.15) is 21.5 Å². The van der Waals surface area contributed by atoms with E-state index in [4.69, 9.17) is 4.74 Å². The third-order valence-electron chi connectivity index (χ3n) is 4.13. The molecule has 0 saturated heterocycles. The number of nitrogens with one attached hydrogen (secondary N) is 2. The van der Waals surface area contributed by atoms with Crippen molar-refractivity contribution < 1.29 is 14.3 Å². The molecule has 0 aliphatic heterocycles. The Kier molecular flexibility index (Phi) is 7.34. The fraction of sp³-hybridized carbons (Fsp3) is 0.0870. The molecule has 0 atom stereocenters. The van der Waals surface area contributed by atoms with Crippen molar-refractivity contribution in [2.45, 2.75) is 6.92 Å². The third-order valence-corrected chi connectivity index (χ3v) is 4.66. The van der Waals surface area contributed by atoms with Crippen LogP contribution >= 0.6 is 15.9 Å². The van der Waals surface area contributed by atoms with Gasteiger partial charge in [0.05, 0.1) is 6.21 Å². The van der Waals surface area contributed by atoms with Gasteiger partial charge in [-0.25, -0.2) is 5.43 Å². The maximum atomic E-state index is 12.1. The zero-order valence-corrected chi connectivity index (χ0v) is 17.8. The molecule has 3 aromatic rings. The molecule has 0 fully saturated rings. The lowest BCUT2D eigenvalue weighted by Crippen LogP contribution is -2.20. The van der Waals surface area contributed by atoms with Crippen LogP contribution < -0.4 is 15.5 Å². The molecule has 152 valence electrons. The van der Waals surface area contributed by atoms with Gasteiger partial charge in [-0.1, -0.05) is 46.3 Å². The number of benzene rings is 3. The van der Waals surface area contributed by atoms with E-state index < -0.39 is 0 Å². The van der Waals surface area contributed by atoms with Gasteiger partial charge in [0.15, 0.2) is 6.61 Å². The molecule has 30 heavy (non-hydrogen) atoms. The fourth-order valence-corrected chi connectivity index (χ4v) is 2.83. The predicted molar refractivity (Wildman–Crippen MR) is 121 cm³/mol. The van der Waals surface area contributed by atoms with Crippen LogP contribution in [-0.2, 0) is 4.79 Å². The number of carbonyl (C=O) groups excluding carboxylic acids is 2. The summed E-state index contributed by atoms with van der Waals surface area (Å²) in [7, 11) is 0. The topological polar surface area (TPSA) is 79.8 Å². The normalized spacial score (nSPS) is 10.6.